The standard InChI is InChI=1S/C21H20N4O4S/c1-13-3-7-16(8-4-13)23-20(28)25-21-24-17(12-30-21)11-18(26)22-15-9-5-14(6-10-15)19(27)29-2/h3-10,12H,11H2,1-2H3,(H,22,26)(H2,23,24,25,28). The minimum atomic E-state index is -0.443. The van der Waals surface area contributed by atoms with Crippen molar-refractivity contribution >= 4 is 45.8 Å². The van der Waals surface area contributed by atoms with Gasteiger partial charge in [0.25, 0.3) is 0 Å². The highest BCUT2D eigenvalue weighted by Crippen LogP contribution is 2.18. The molecule has 0 saturated heterocycles. The lowest BCUT2D eigenvalue weighted by atomic mass is 10.2. The van der Waals surface area contributed by atoms with Crippen molar-refractivity contribution in [3.63, 3.8) is 0 Å². The highest BCUT2D eigenvalue weighted by molar-refractivity contribution is 7.14. The van der Waals surface area contributed by atoms with Crippen molar-refractivity contribution in [2.24, 2.45) is 0 Å². The number of carbonyl (C=O) groups excluding carboxylic acids is 3. The Morgan fingerprint density at radius 3 is 2.23 bits per heavy atom. The molecule has 154 valence electrons. The number of benzene rings is 2. The summed E-state index contributed by atoms with van der Waals surface area (Å²) >= 11 is 1.23. The summed E-state index contributed by atoms with van der Waals surface area (Å²) in [4.78, 5) is 40.0. The van der Waals surface area contributed by atoms with Crippen molar-refractivity contribution in [2.75, 3.05) is 23.1 Å². The fraction of sp³-hybridized carbons (Fsp3) is 0.143. The van der Waals surface area contributed by atoms with E-state index in [1.807, 2.05) is 31.2 Å². The SMILES string of the molecule is COC(=O)c1ccc(NC(=O)Cc2csc(NC(=O)Nc3ccc(C)cc3)n2)cc1. The molecular weight excluding hydrogens is 404 g/mol. The monoisotopic (exact) mass is 424 g/mol. The normalized spacial score (nSPS) is 10.2. The summed E-state index contributed by atoms with van der Waals surface area (Å²) in [6, 6.07) is 13.4. The number of hydrogen-bond donors (Lipinski definition) is 3. The van der Waals surface area contributed by atoms with Crippen LogP contribution in [0.5, 0.6) is 0 Å². The van der Waals surface area contributed by atoms with Gasteiger partial charge in [-0.15, -0.1) is 11.3 Å². The third kappa shape index (κ3) is 5.89. The van der Waals surface area contributed by atoms with E-state index in [1.165, 1.54) is 18.4 Å². The predicted octanol–water partition coefficient (Wildman–Crippen LogP) is 4.06. The summed E-state index contributed by atoms with van der Waals surface area (Å²) in [5, 5.41) is 10.2. The maximum absolute atomic E-state index is 12.2. The molecule has 3 N–H and O–H groups in total. The lowest BCUT2D eigenvalue weighted by molar-refractivity contribution is -0.115. The number of hydrogen-bond acceptors (Lipinski definition) is 6. The van der Waals surface area contributed by atoms with E-state index in [4.69, 9.17) is 0 Å². The number of carbonyl (C=O) groups is 3. The summed E-state index contributed by atoms with van der Waals surface area (Å²) in [6.07, 6.45) is 0.0521. The first-order valence-electron chi connectivity index (χ1n) is 9.00. The zero-order valence-corrected chi connectivity index (χ0v) is 17.2. The average Bonchev–Trinajstić information content (AvgIpc) is 3.16. The number of aryl methyl sites for hydroxylation is 1. The number of esters is 1. The number of nitrogens with one attached hydrogen (secondary N) is 3. The number of nitrogens with zero attached hydrogens (tertiary/aromatic N) is 1. The van der Waals surface area contributed by atoms with Crippen LogP contribution in [-0.4, -0.2) is 30.0 Å². The van der Waals surface area contributed by atoms with Crippen LogP contribution in [0.1, 0.15) is 21.6 Å². The van der Waals surface area contributed by atoms with Crippen LogP contribution in [0.15, 0.2) is 53.9 Å². The molecule has 1 heterocycles. The van der Waals surface area contributed by atoms with E-state index < -0.39 is 12.0 Å². The maximum Gasteiger partial charge on any atom is 0.337 e. The number of urea groups is 1. The molecule has 3 rings (SSSR count). The smallest absolute Gasteiger partial charge is 0.337 e. The molecule has 0 spiro atoms. The molecular formula is C21H20N4O4S. The van der Waals surface area contributed by atoms with Gasteiger partial charge in [0.05, 0.1) is 24.8 Å². The van der Waals surface area contributed by atoms with Gasteiger partial charge in [-0.2, -0.15) is 0 Å². The average molecular weight is 424 g/mol. The summed E-state index contributed by atoms with van der Waals surface area (Å²) in [6.45, 7) is 1.97. The van der Waals surface area contributed by atoms with Gasteiger partial charge in [-0.3, -0.25) is 10.1 Å². The molecule has 0 aliphatic heterocycles. The molecule has 30 heavy (non-hydrogen) atoms. The second-order valence-electron chi connectivity index (χ2n) is 6.38. The molecule has 0 saturated carbocycles. The van der Waals surface area contributed by atoms with Crippen LogP contribution in [0.25, 0.3) is 0 Å². The Morgan fingerprint density at radius 2 is 1.57 bits per heavy atom. The maximum atomic E-state index is 12.2. The van der Waals surface area contributed by atoms with Crippen molar-refractivity contribution in [3.05, 3.63) is 70.7 Å². The summed E-state index contributed by atoms with van der Waals surface area (Å²) in [7, 11) is 1.31. The third-order valence-corrected chi connectivity index (χ3v) is 4.82. The quantitative estimate of drug-likeness (QED) is 0.517. The van der Waals surface area contributed by atoms with Gasteiger partial charge < -0.3 is 15.4 Å². The van der Waals surface area contributed by atoms with Crippen molar-refractivity contribution in [2.45, 2.75) is 13.3 Å². The minimum Gasteiger partial charge on any atom is -0.465 e. The molecule has 9 heteroatoms. The third-order valence-electron chi connectivity index (χ3n) is 4.01. The molecule has 0 fully saturated rings. The van der Waals surface area contributed by atoms with Gasteiger partial charge in [-0.25, -0.2) is 14.6 Å². The Labute approximate surface area is 177 Å². The highest BCUT2D eigenvalue weighted by atomic mass is 32.1. The van der Waals surface area contributed by atoms with Crippen LogP contribution in [0, 0.1) is 6.92 Å². The second kappa shape index (κ2) is 9.66. The van der Waals surface area contributed by atoms with E-state index in [1.54, 1.807) is 29.6 Å². The Bertz CT molecular complexity index is 1050. The fourth-order valence-corrected chi connectivity index (χ4v) is 3.22. The Kier molecular flexibility index (Phi) is 6.76. The number of aromatic nitrogens is 1. The van der Waals surface area contributed by atoms with E-state index in [0.29, 0.717) is 27.8 Å². The summed E-state index contributed by atoms with van der Waals surface area (Å²) < 4.78 is 4.64. The lowest BCUT2D eigenvalue weighted by Gasteiger charge is -2.06. The molecule has 2 aromatic carbocycles. The zero-order chi connectivity index (χ0) is 21.5. The number of thiazole rings is 1. The van der Waals surface area contributed by atoms with E-state index in [2.05, 4.69) is 25.7 Å². The molecule has 1 aromatic heterocycles. The number of anilines is 3. The van der Waals surface area contributed by atoms with Crippen LogP contribution in [0.4, 0.5) is 21.3 Å². The Hall–Kier alpha value is -3.72. The molecule has 0 aliphatic rings. The van der Waals surface area contributed by atoms with Crippen molar-refractivity contribution in [1.29, 1.82) is 0 Å². The minimum absolute atomic E-state index is 0.0521. The molecule has 0 atom stereocenters. The highest BCUT2D eigenvalue weighted by Gasteiger charge is 2.11. The molecule has 0 unspecified atom stereocenters. The van der Waals surface area contributed by atoms with Crippen LogP contribution in [-0.2, 0) is 16.0 Å². The summed E-state index contributed by atoms with van der Waals surface area (Å²) in [5.41, 5.74) is 3.26. The van der Waals surface area contributed by atoms with Crippen molar-refractivity contribution in [3.8, 4) is 0 Å². The van der Waals surface area contributed by atoms with Crippen molar-refractivity contribution < 1.29 is 19.1 Å². The molecule has 0 bridgehead atoms. The van der Waals surface area contributed by atoms with Crippen LogP contribution in [0.3, 0.4) is 0 Å². The van der Waals surface area contributed by atoms with Gasteiger partial charge >= 0.3 is 12.0 Å². The molecule has 0 aliphatic carbocycles. The van der Waals surface area contributed by atoms with E-state index in [0.717, 1.165) is 5.56 Å². The molecule has 3 aromatic rings. The van der Waals surface area contributed by atoms with Gasteiger partial charge in [0, 0.05) is 16.8 Å². The van der Waals surface area contributed by atoms with Gasteiger partial charge in [0.2, 0.25) is 5.91 Å². The van der Waals surface area contributed by atoms with E-state index in [9.17, 15) is 14.4 Å². The Morgan fingerprint density at radius 1 is 0.933 bits per heavy atom. The number of rotatable bonds is 6. The number of ether oxygens (including phenoxy) is 1. The number of methoxy groups -OCH3 is 1. The Balaban J connectivity index is 1.50. The lowest BCUT2D eigenvalue weighted by Crippen LogP contribution is -2.19. The topological polar surface area (TPSA) is 109 Å². The number of amides is 3. The van der Waals surface area contributed by atoms with Gasteiger partial charge in [0.15, 0.2) is 5.13 Å². The predicted molar refractivity (Wildman–Crippen MR) is 116 cm³/mol. The van der Waals surface area contributed by atoms with Crippen LogP contribution in [0.2, 0.25) is 0 Å². The van der Waals surface area contributed by atoms with Gasteiger partial charge in [0.1, 0.15) is 0 Å². The van der Waals surface area contributed by atoms with E-state index >= 15 is 0 Å². The van der Waals surface area contributed by atoms with Gasteiger partial charge in [-0.1, -0.05) is 17.7 Å². The first-order valence-corrected chi connectivity index (χ1v) is 9.88. The fourth-order valence-electron chi connectivity index (χ4n) is 2.52. The second-order valence-corrected chi connectivity index (χ2v) is 7.24. The molecule has 3 amide bonds. The molecule has 8 nitrogen and oxygen atoms in total. The van der Waals surface area contributed by atoms with E-state index in [-0.39, 0.29) is 12.3 Å². The first kappa shape index (κ1) is 21.0. The van der Waals surface area contributed by atoms with Crippen molar-refractivity contribution in [1.82, 2.24) is 4.98 Å². The first-order chi connectivity index (χ1) is 14.4. The van der Waals surface area contributed by atoms with Gasteiger partial charge in [-0.05, 0) is 43.3 Å². The molecule has 0 radical (unpaired) electrons. The largest absolute Gasteiger partial charge is 0.465 e. The van der Waals surface area contributed by atoms with Crippen LogP contribution >= 0.6 is 11.3 Å². The van der Waals surface area contributed by atoms with Crippen LogP contribution < -0.4 is 16.0 Å². The zero-order valence-electron chi connectivity index (χ0n) is 16.4. The summed E-state index contributed by atoms with van der Waals surface area (Å²) in [5.74, 6) is -0.705.